The normalized spacial score (nSPS) is 20.0. The first-order valence-corrected chi connectivity index (χ1v) is 12.7. The summed E-state index contributed by atoms with van der Waals surface area (Å²) in [5, 5.41) is 8.92. The van der Waals surface area contributed by atoms with Crippen LogP contribution in [0.2, 0.25) is 5.02 Å². The lowest BCUT2D eigenvalue weighted by molar-refractivity contribution is -0.137. The van der Waals surface area contributed by atoms with Crippen molar-refractivity contribution in [3.8, 4) is 5.69 Å². The molecule has 0 bridgehead atoms. The minimum atomic E-state index is -4.65. The van der Waals surface area contributed by atoms with E-state index in [-0.39, 0.29) is 33.9 Å². The molecule has 4 rings (SSSR count). The van der Waals surface area contributed by atoms with Crippen molar-refractivity contribution in [2.24, 2.45) is 5.73 Å². The number of aromatic nitrogens is 3. The molecule has 5 N–H and O–H groups in total. The molecule has 10 nitrogen and oxygen atoms in total. The lowest BCUT2D eigenvalue weighted by Crippen LogP contribution is -2.38. The Balaban J connectivity index is 1.68. The number of hydrogen-bond acceptors (Lipinski definition) is 9. The lowest BCUT2D eigenvalue weighted by Gasteiger charge is -2.30. The number of aromatic amines is 1. The van der Waals surface area contributed by atoms with Crippen LogP contribution in [0.15, 0.2) is 46.8 Å². The molecule has 0 radical (unpaired) electrons. The van der Waals surface area contributed by atoms with E-state index in [9.17, 15) is 18.0 Å². The van der Waals surface area contributed by atoms with Crippen molar-refractivity contribution >= 4 is 28.6 Å². The molecule has 3 unspecified atom stereocenters. The molecule has 1 aromatic carbocycles. The zero-order chi connectivity index (χ0) is 27.4. The minimum absolute atomic E-state index is 0.117. The summed E-state index contributed by atoms with van der Waals surface area (Å²) in [6.07, 6.45) is -4.13. The molecule has 3 aromatic rings. The molecule has 1 aliphatic heterocycles. The van der Waals surface area contributed by atoms with Crippen LogP contribution in [0.25, 0.3) is 11.4 Å². The van der Waals surface area contributed by atoms with E-state index in [1.54, 1.807) is 11.4 Å². The summed E-state index contributed by atoms with van der Waals surface area (Å²) in [7, 11) is 1.46. The van der Waals surface area contributed by atoms with Gasteiger partial charge in [-0.1, -0.05) is 22.9 Å². The number of H-pyrrole nitrogens is 1. The van der Waals surface area contributed by atoms with E-state index in [0.29, 0.717) is 17.9 Å². The summed E-state index contributed by atoms with van der Waals surface area (Å²) in [5.74, 6) is 0. The molecule has 2 aromatic heterocycles. The molecule has 0 amide bonds. The summed E-state index contributed by atoms with van der Waals surface area (Å²) in [5.41, 5.74) is 8.70. The van der Waals surface area contributed by atoms with Gasteiger partial charge in [0.15, 0.2) is 0 Å². The van der Waals surface area contributed by atoms with Crippen molar-refractivity contribution in [1.29, 1.82) is 0 Å². The largest absolute Gasteiger partial charge is 0.418 e. The van der Waals surface area contributed by atoms with Crippen LogP contribution in [-0.4, -0.2) is 53.3 Å². The number of alkyl halides is 3. The Labute approximate surface area is 224 Å². The van der Waals surface area contributed by atoms with Crippen molar-refractivity contribution in [2.45, 2.75) is 37.5 Å². The van der Waals surface area contributed by atoms with E-state index in [0.717, 1.165) is 22.1 Å². The van der Waals surface area contributed by atoms with Crippen LogP contribution in [0.3, 0.4) is 0 Å². The molecule has 3 heterocycles. The first-order chi connectivity index (χ1) is 18.1. The zero-order valence-electron chi connectivity index (χ0n) is 20.3. The summed E-state index contributed by atoms with van der Waals surface area (Å²) in [6.45, 7) is 2.32. The van der Waals surface area contributed by atoms with Gasteiger partial charge >= 0.3 is 11.0 Å². The Bertz CT molecular complexity index is 1330. The molecule has 1 fully saturated rings. The second-order valence-electron chi connectivity index (χ2n) is 8.44. The number of benzene rings is 1. The topological polar surface area (TPSA) is 128 Å². The highest BCUT2D eigenvalue weighted by Crippen LogP contribution is 2.37. The van der Waals surface area contributed by atoms with Gasteiger partial charge in [0.1, 0.15) is 24.4 Å². The maximum Gasteiger partial charge on any atom is 0.418 e. The molecule has 4 atom stereocenters. The van der Waals surface area contributed by atoms with Gasteiger partial charge in [-0.05, 0) is 31.2 Å². The highest BCUT2D eigenvalue weighted by Gasteiger charge is 2.38. The van der Waals surface area contributed by atoms with Crippen LogP contribution in [0.1, 0.15) is 30.0 Å². The summed E-state index contributed by atoms with van der Waals surface area (Å²) < 4.78 is 54.9. The Morgan fingerprint density at radius 3 is 2.87 bits per heavy atom. The predicted molar refractivity (Wildman–Crippen MR) is 136 cm³/mol. The van der Waals surface area contributed by atoms with Crippen LogP contribution in [0, 0.1) is 0 Å². The van der Waals surface area contributed by atoms with E-state index >= 15 is 0 Å². The van der Waals surface area contributed by atoms with Crippen LogP contribution in [0.5, 0.6) is 0 Å². The summed E-state index contributed by atoms with van der Waals surface area (Å²) >= 11 is 7.05. The summed E-state index contributed by atoms with van der Waals surface area (Å²) in [4.78, 5) is 19.2. The average Bonchev–Trinajstić information content (AvgIpc) is 3.61. The van der Waals surface area contributed by atoms with E-state index in [1.807, 2.05) is 6.92 Å². The monoisotopic (exact) mass is 574 g/mol. The first kappa shape index (κ1) is 28.1. The van der Waals surface area contributed by atoms with Crippen molar-refractivity contribution in [3.63, 3.8) is 0 Å². The lowest BCUT2D eigenvalue weighted by atomic mass is 10.1. The molecule has 1 saturated heterocycles. The average molecular weight is 575 g/mol. The van der Waals surface area contributed by atoms with Gasteiger partial charge in [0.25, 0.3) is 0 Å². The van der Waals surface area contributed by atoms with Crippen molar-refractivity contribution in [2.75, 3.05) is 20.2 Å². The zero-order valence-corrected chi connectivity index (χ0v) is 21.9. The Morgan fingerprint density at radius 1 is 1.45 bits per heavy atom. The second kappa shape index (κ2) is 11.9. The van der Waals surface area contributed by atoms with Crippen LogP contribution in [-0.2, 0) is 20.5 Å². The van der Waals surface area contributed by atoms with Crippen molar-refractivity contribution in [3.05, 3.63) is 73.7 Å². The molecular formula is C23H26ClF3N6O4S. The number of hydrogen-bond donors (Lipinski definition) is 4. The third-order valence-electron chi connectivity index (χ3n) is 5.90. The van der Waals surface area contributed by atoms with E-state index in [2.05, 4.69) is 20.9 Å². The highest BCUT2D eigenvalue weighted by atomic mass is 35.5. The third kappa shape index (κ3) is 6.39. The summed E-state index contributed by atoms with van der Waals surface area (Å²) in [6, 6.07) is 4.85. The van der Waals surface area contributed by atoms with Gasteiger partial charge in [0.05, 0.1) is 28.3 Å². The van der Waals surface area contributed by atoms with Gasteiger partial charge in [-0.3, -0.25) is 9.63 Å². The van der Waals surface area contributed by atoms with Gasteiger partial charge in [-0.15, -0.1) is 0 Å². The van der Waals surface area contributed by atoms with Crippen LogP contribution in [0.4, 0.5) is 13.2 Å². The maximum absolute atomic E-state index is 13.9. The van der Waals surface area contributed by atoms with Crippen molar-refractivity contribution in [1.82, 2.24) is 25.6 Å². The standard InChI is InChI=1S/C23H26ClF3N6O4S/c1-12-19(10-31-37-12)36-21(20(35-2)9-29-8-15(28)16-11-38-22(34)32-16)17-5-6-30-33(17)18-7-13(24)3-4-14(18)23(25,26)27/h3-8,11-12,19-21,29,31H,9-10,28H2,1-2H3,(H,32,34)/b15-8-/t12?,19?,20-,21?/m0/s1. The molecule has 38 heavy (non-hydrogen) atoms. The predicted octanol–water partition coefficient (Wildman–Crippen LogP) is 3.21. The molecular weight excluding hydrogens is 549 g/mol. The molecule has 15 heteroatoms. The number of nitrogens with one attached hydrogen (secondary N) is 3. The quantitative estimate of drug-likeness (QED) is 0.291. The molecule has 0 aliphatic carbocycles. The fourth-order valence-corrected chi connectivity index (χ4v) is 4.70. The molecule has 0 spiro atoms. The van der Waals surface area contributed by atoms with E-state index in [4.69, 9.17) is 31.6 Å². The van der Waals surface area contributed by atoms with Crippen LogP contribution < -0.4 is 21.4 Å². The Kier molecular flexibility index (Phi) is 8.80. The number of hydroxylamine groups is 1. The molecule has 1 aliphatic rings. The Morgan fingerprint density at radius 2 is 2.24 bits per heavy atom. The van der Waals surface area contributed by atoms with Crippen LogP contribution >= 0.6 is 22.9 Å². The maximum atomic E-state index is 13.9. The van der Waals surface area contributed by atoms with Gasteiger partial charge in [0.2, 0.25) is 0 Å². The number of halogens is 4. The SMILES string of the molecule is CO[C@@H](CN/C=C(\N)c1csc(=O)[nH]1)C(OC1CNOC1C)c1ccnn1-c1cc(Cl)ccc1C(F)(F)F. The van der Waals surface area contributed by atoms with Gasteiger partial charge in [-0.2, -0.15) is 23.8 Å². The molecule has 206 valence electrons. The van der Waals surface area contributed by atoms with Gasteiger partial charge < -0.3 is 25.5 Å². The Hall–Kier alpha value is -2.88. The number of nitrogens with two attached hydrogens (primary N) is 1. The second-order valence-corrected chi connectivity index (χ2v) is 9.72. The number of ether oxygens (including phenoxy) is 2. The molecule has 0 saturated carbocycles. The fraction of sp³-hybridized carbons (Fsp3) is 0.391. The van der Waals surface area contributed by atoms with Gasteiger partial charge in [-0.25, -0.2) is 4.68 Å². The smallest absolute Gasteiger partial charge is 0.396 e. The number of nitrogens with zero attached hydrogens (tertiary/aromatic N) is 2. The fourth-order valence-electron chi connectivity index (χ4n) is 3.95. The third-order valence-corrected chi connectivity index (χ3v) is 6.81. The number of rotatable bonds is 10. The number of methoxy groups -OCH3 is 1. The van der Waals surface area contributed by atoms with Gasteiger partial charge in [0, 0.05) is 43.0 Å². The van der Waals surface area contributed by atoms with E-state index in [1.165, 1.54) is 31.6 Å². The first-order valence-electron chi connectivity index (χ1n) is 11.4. The highest BCUT2D eigenvalue weighted by molar-refractivity contribution is 7.07. The minimum Gasteiger partial charge on any atom is -0.396 e. The van der Waals surface area contributed by atoms with E-state index < -0.39 is 30.1 Å². The number of thiazole rings is 1. The van der Waals surface area contributed by atoms with Crippen molar-refractivity contribution < 1.29 is 27.5 Å².